The van der Waals surface area contributed by atoms with Gasteiger partial charge < -0.3 is 15.1 Å². The molecule has 2 N–H and O–H groups in total. The average Bonchev–Trinajstić information content (AvgIpc) is 3.48. The molecule has 146 valence electrons. The zero-order chi connectivity index (χ0) is 19.9. The largest absolute Gasteiger partial charge is 0.469 e. The number of amides is 2. The lowest BCUT2D eigenvalue weighted by atomic mass is 9.99. The quantitative estimate of drug-likeness (QED) is 0.425. The van der Waals surface area contributed by atoms with E-state index in [0.717, 1.165) is 21.8 Å². The fourth-order valence-corrected chi connectivity index (χ4v) is 4.18. The first-order valence-electron chi connectivity index (χ1n) is 9.52. The summed E-state index contributed by atoms with van der Waals surface area (Å²) in [5.41, 5.74) is 2.07. The number of hydrogen-bond acceptors (Lipinski definition) is 3. The molecule has 1 atom stereocenters. The van der Waals surface area contributed by atoms with Gasteiger partial charge in [0.2, 0.25) is 0 Å². The number of nitrogens with one attached hydrogen (secondary N) is 2. The molecule has 0 aliphatic rings. The van der Waals surface area contributed by atoms with Crippen molar-refractivity contribution in [2.75, 3.05) is 6.54 Å². The van der Waals surface area contributed by atoms with Gasteiger partial charge in [-0.05, 0) is 34.7 Å². The minimum Gasteiger partial charge on any atom is -0.469 e. The van der Waals surface area contributed by atoms with Gasteiger partial charge in [0.15, 0.2) is 0 Å². The van der Waals surface area contributed by atoms with Gasteiger partial charge in [0.1, 0.15) is 5.76 Å². The summed E-state index contributed by atoms with van der Waals surface area (Å²) in [6.45, 7) is 0.455. The molecule has 4 aromatic rings. The molecule has 0 spiro atoms. The molecule has 0 saturated carbocycles. The molecule has 4 rings (SSSR count). The minimum absolute atomic E-state index is 0.0114. The molecule has 0 radical (unpaired) electrons. The molecule has 0 aliphatic heterocycles. The summed E-state index contributed by atoms with van der Waals surface area (Å²) in [7, 11) is 0. The number of furan rings is 1. The number of benzene rings is 2. The van der Waals surface area contributed by atoms with Crippen LogP contribution < -0.4 is 10.6 Å². The van der Waals surface area contributed by atoms with Gasteiger partial charge in [-0.25, -0.2) is 4.79 Å². The second-order valence-electron chi connectivity index (χ2n) is 6.69. The Balaban J connectivity index is 1.48. The molecule has 0 saturated heterocycles. The van der Waals surface area contributed by atoms with Crippen LogP contribution in [0.15, 0.2) is 101 Å². The molecule has 2 amide bonds. The highest BCUT2D eigenvalue weighted by molar-refractivity contribution is 7.10. The predicted octanol–water partition coefficient (Wildman–Crippen LogP) is 5.56. The third-order valence-corrected chi connectivity index (χ3v) is 5.77. The molecule has 0 aliphatic carbocycles. The monoisotopic (exact) mass is 402 g/mol. The van der Waals surface area contributed by atoms with Crippen molar-refractivity contribution in [3.05, 3.63) is 118 Å². The predicted molar refractivity (Wildman–Crippen MR) is 116 cm³/mol. The molecule has 2 heterocycles. The molecule has 29 heavy (non-hydrogen) atoms. The fraction of sp³-hybridized carbons (Fsp3) is 0.125. The molecule has 0 fully saturated rings. The molecule has 1 unspecified atom stereocenters. The number of hydrogen-bond donors (Lipinski definition) is 2. The van der Waals surface area contributed by atoms with Gasteiger partial charge in [-0.3, -0.25) is 0 Å². The highest BCUT2D eigenvalue weighted by atomic mass is 32.1. The van der Waals surface area contributed by atoms with E-state index in [2.05, 4.69) is 16.7 Å². The first-order valence-corrected chi connectivity index (χ1v) is 10.4. The zero-order valence-electron chi connectivity index (χ0n) is 15.8. The van der Waals surface area contributed by atoms with Crippen molar-refractivity contribution in [1.29, 1.82) is 0 Å². The van der Waals surface area contributed by atoms with Crippen LogP contribution in [0.3, 0.4) is 0 Å². The normalized spacial score (nSPS) is 11.9. The maximum Gasteiger partial charge on any atom is 0.315 e. The number of thiophene rings is 1. The number of carbonyl (C=O) groups is 1. The van der Waals surface area contributed by atoms with Gasteiger partial charge in [0.25, 0.3) is 0 Å². The summed E-state index contributed by atoms with van der Waals surface area (Å²) in [4.78, 5) is 13.9. The summed E-state index contributed by atoms with van der Waals surface area (Å²) in [5.74, 6) is 0.832. The Kier molecular flexibility index (Phi) is 6.07. The first kappa shape index (κ1) is 19.0. The van der Waals surface area contributed by atoms with Crippen LogP contribution in [-0.2, 0) is 0 Å². The van der Waals surface area contributed by atoms with E-state index in [1.165, 1.54) is 0 Å². The molecule has 2 aromatic carbocycles. The van der Waals surface area contributed by atoms with Crippen molar-refractivity contribution >= 4 is 17.4 Å². The first-order chi connectivity index (χ1) is 14.3. The Morgan fingerprint density at radius 1 is 0.862 bits per heavy atom. The van der Waals surface area contributed by atoms with Crippen molar-refractivity contribution in [2.45, 2.75) is 12.0 Å². The van der Waals surface area contributed by atoms with Crippen LogP contribution >= 0.6 is 11.3 Å². The van der Waals surface area contributed by atoms with Crippen LogP contribution in [0.4, 0.5) is 4.79 Å². The lowest BCUT2D eigenvalue weighted by Gasteiger charge is -2.21. The van der Waals surface area contributed by atoms with Crippen LogP contribution in [0.1, 0.15) is 33.7 Å². The zero-order valence-corrected chi connectivity index (χ0v) is 16.6. The SMILES string of the molecule is O=C(NCC(c1ccco1)c1cccs1)NC(c1ccccc1)c1ccccc1. The average molecular weight is 403 g/mol. The van der Waals surface area contributed by atoms with Crippen molar-refractivity contribution in [3.63, 3.8) is 0 Å². The van der Waals surface area contributed by atoms with Crippen molar-refractivity contribution in [1.82, 2.24) is 10.6 Å². The highest BCUT2D eigenvalue weighted by Crippen LogP contribution is 2.28. The number of carbonyl (C=O) groups excluding carboxylic acids is 1. The highest BCUT2D eigenvalue weighted by Gasteiger charge is 2.21. The van der Waals surface area contributed by atoms with Gasteiger partial charge in [-0.2, -0.15) is 0 Å². The van der Waals surface area contributed by atoms with Crippen molar-refractivity contribution in [3.8, 4) is 0 Å². The Morgan fingerprint density at radius 3 is 2.10 bits per heavy atom. The molecule has 4 nitrogen and oxygen atoms in total. The summed E-state index contributed by atoms with van der Waals surface area (Å²) >= 11 is 1.66. The minimum atomic E-state index is -0.221. The van der Waals surface area contributed by atoms with E-state index in [1.807, 2.05) is 84.2 Å². The smallest absolute Gasteiger partial charge is 0.315 e. The lowest BCUT2D eigenvalue weighted by Crippen LogP contribution is -2.40. The van der Waals surface area contributed by atoms with Crippen LogP contribution in [0.2, 0.25) is 0 Å². The van der Waals surface area contributed by atoms with Crippen LogP contribution in [0.5, 0.6) is 0 Å². The Hall–Kier alpha value is -3.31. The number of rotatable bonds is 7. The van der Waals surface area contributed by atoms with Crippen molar-refractivity contribution in [2.24, 2.45) is 0 Å². The van der Waals surface area contributed by atoms with Gasteiger partial charge in [0, 0.05) is 11.4 Å². The fourth-order valence-electron chi connectivity index (χ4n) is 3.35. The van der Waals surface area contributed by atoms with Gasteiger partial charge in [-0.1, -0.05) is 66.7 Å². The second-order valence-corrected chi connectivity index (χ2v) is 7.67. The Bertz CT molecular complexity index is 926. The topological polar surface area (TPSA) is 54.3 Å². The second kappa shape index (κ2) is 9.26. The van der Waals surface area contributed by atoms with E-state index >= 15 is 0 Å². The molecular weight excluding hydrogens is 380 g/mol. The van der Waals surface area contributed by atoms with Gasteiger partial charge in [0.05, 0.1) is 18.2 Å². The van der Waals surface area contributed by atoms with Gasteiger partial charge >= 0.3 is 6.03 Å². The van der Waals surface area contributed by atoms with E-state index in [9.17, 15) is 4.79 Å². The lowest BCUT2D eigenvalue weighted by molar-refractivity contribution is 0.238. The molecule has 2 aromatic heterocycles. The van der Waals surface area contributed by atoms with Gasteiger partial charge in [-0.15, -0.1) is 11.3 Å². The summed E-state index contributed by atoms with van der Waals surface area (Å²) in [5, 5.41) is 8.18. The van der Waals surface area contributed by atoms with E-state index in [1.54, 1.807) is 17.6 Å². The molecule has 5 heteroatoms. The standard InChI is InChI=1S/C24H22N2O2S/c27-24(25-17-20(21-13-7-15-28-21)22-14-8-16-29-22)26-23(18-9-3-1-4-10-18)19-11-5-2-6-12-19/h1-16,20,23H,17H2,(H2,25,26,27). The molecule has 0 bridgehead atoms. The van der Waals surface area contributed by atoms with Crippen LogP contribution in [-0.4, -0.2) is 12.6 Å². The van der Waals surface area contributed by atoms with Crippen LogP contribution in [0, 0.1) is 0 Å². The maximum absolute atomic E-state index is 12.8. The summed E-state index contributed by atoms with van der Waals surface area (Å²) < 4.78 is 5.61. The summed E-state index contributed by atoms with van der Waals surface area (Å²) in [6, 6.07) is 27.4. The third-order valence-electron chi connectivity index (χ3n) is 4.78. The third kappa shape index (κ3) is 4.76. The number of urea groups is 1. The maximum atomic E-state index is 12.8. The van der Waals surface area contributed by atoms with Crippen molar-refractivity contribution < 1.29 is 9.21 Å². The Morgan fingerprint density at radius 2 is 1.55 bits per heavy atom. The van der Waals surface area contributed by atoms with E-state index in [4.69, 9.17) is 4.42 Å². The van der Waals surface area contributed by atoms with E-state index in [0.29, 0.717) is 6.54 Å². The Labute approximate surface area is 174 Å². The van der Waals surface area contributed by atoms with E-state index < -0.39 is 0 Å². The summed E-state index contributed by atoms with van der Waals surface area (Å²) in [6.07, 6.45) is 1.66. The van der Waals surface area contributed by atoms with Crippen LogP contribution in [0.25, 0.3) is 0 Å². The molecular formula is C24H22N2O2S. The van der Waals surface area contributed by atoms with E-state index in [-0.39, 0.29) is 18.0 Å².